The van der Waals surface area contributed by atoms with E-state index < -0.39 is 29.0 Å². The Kier molecular flexibility index (Phi) is 6.07. The highest BCUT2D eigenvalue weighted by atomic mass is 32.2. The number of nitrogens with zero attached hydrogens (tertiary/aromatic N) is 3. The molecule has 0 spiro atoms. The van der Waals surface area contributed by atoms with Crippen molar-refractivity contribution in [1.29, 1.82) is 0 Å². The molecule has 0 radical (unpaired) electrons. The molecular weight excluding hydrogens is 442 g/mol. The molecule has 33 heavy (non-hydrogen) atoms. The Hall–Kier alpha value is -3.46. The lowest BCUT2D eigenvalue weighted by Gasteiger charge is -2.26. The second-order valence-corrected chi connectivity index (χ2v) is 9.74. The Labute approximate surface area is 194 Å². The molecule has 170 valence electrons. The molecule has 1 fully saturated rings. The van der Waals surface area contributed by atoms with Gasteiger partial charge in [0.05, 0.1) is 5.52 Å². The standard InChI is InChI=1S/C24H23N3O5S/c1-24(2,3)32-23(31)26-12-17(16-8-4-5-9-18(16)26)21(30)19-14-33-22(27(19)20(29)13-28)15-7-6-10-25-11-15/h4-13,19,22H,14H2,1-3H3. The third kappa shape index (κ3) is 4.41. The summed E-state index contributed by atoms with van der Waals surface area (Å²) in [7, 11) is 0. The molecule has 0 bridgehead atoms. The summed E-state index contributed by atoms with van der Waals surface area (Å²) in [6.45, 7) is 5.29. The molecule has 1 aliphatic heterocycles. The number of ketones is 1. The van der Waals surface area contributed by atoms with Gasteiger partial charge in [0.1, 0.15) is 17.0 Å². The molecule has 4 rings (SSSR count). The van der Waals surface area contributed by atoms with Gasteiger partial charge in [-0.05, 0) is 32.9 Å². The van der Waals surface area contributed by atoms with Crippen molar-refractivity contribution in [3.63, 3.8) is 0 Å². The van der Waals surface area contributed by atoms with Gasteiger partial charge in [0, 0.05) is 40.9 Å². The minimum absolute atomic E-state index is 0.222. The number of hydrogen-bond donors (Lipinski definition) is 0. The number of carbonyl (C=O) groups excluding carboxylic acids is 4. The van der Waals surface area contributed by atoms with Gasteiger partial charge in [-0.3, -0.25) is 23.9 Å². The minimum atomic E-state index is -0.865. The van der Waals surface area contributed by atoms with Crippen molar-refractivity contribution in [2.24, 2.45) is 0 Å². The molecule has 0 saturated carbocycles. The van der Waals surface area contributed by atoms with Crippen molar-refractivity contribution in [2.75, 3.05) is 5.75 Å². The smallest absolute Gasteiger partial charge is 0.419 e. The third-order valence-corrected chi connectivity index (χ3v) is 6.52. The second kappa shape index (κ2) is 8.82. The highest BCUT2D eigenvalue weighted by molar-refractivity contribution is 7.99. The molecule has 8 nitrogen and oxygen atoms in total. The minimum Gasteiger partial charge on any atom is -0.443 e. The molecule has 0 N–H and O–H groups in total. The van der Waals surface area contributed by atoms with Crippen LogP contribution in [0.15, 0.2) is 55.0 Å². The van der Waals surface area contributed by atoms with E-state index >= 15 is 0 Å². The first-order chi connectivity index (χ1) is 15.7. The van der Waals surface area contributed by atoms with E-state index in [0.29, 0.717) is 16.7 Å². The van der Waals surface area contributed by atoms with Crippen LogP contribution in [0.5, 0.6) is 0 Å². The normalized spacial score (nSPS) is 18.3. The summed E-state index contributed by atoms with van der Waals surface area (Å²) in [4.78, 5) is 55.9. The lowest BCUT2D eigenvalue weighted by atomic mass is 10.0. The summed E-state index contributed by atoms with van der Waals surface area (Å²) in [5, 5.41) is 0.0613. The fourth-order valence-corrected chi connectivity index (χ4v) is 5.25. The molecule has 1 amide bonds. The van der Waals surface area contributed by atoms with E-state index in [-0.39, 0.29) is 17.6 Å². The van der Waals surface area contributed by atoms with Gasteiger partial charge in [0.25, 0.3) is 5.91 Å². The van der Waals surface area contributed by atoms with Crippen LogP contribution in [0.2, 0.25) is 0 Å². The van der Waals surface area contributed by atoms with E-state index in [1.165, 1.54) is 27.4 Å². The molecule has 3 heterocycles. The fraction of sp³-hybridized carbons (Fsp3) is 0.292. The number of para-hydroxylation sites is 1. The van der Waals surface area contributed by atoms with Gasteiger partial charge in [-0.25, -0.2) is 4.79 Å². The zero-order chi connectivity index (χ0) is 23.8. The maximum atomic E-state index is 13.7. The predicted molar refractivity (Wildman–Crippen MR) is 124 cm³/mol. The van der Waals surface area contributed by atoms with Gasteiger partial charge >= 0.3 is 6.09 Å². The molecule has 3 aromatic rings. The molecular formula is C24H23N3O5S. The Bertz CT molecular complexity index is 1230. The van der Waals surface area contributed by atoms with Crippen molar-refractivity contribution in [2.45, 2.75) is 37.8 Å². The monoisotopic (exact) mass is 465 g/mol. The molecule has 0 aliphatic carbocycles. The largest absolute Gasteiger partial charge is 0.443 e. The molecule has 1 aliphatic rings. The van der Waals surface area contributed by atoms with Crippen molar-refractivity contribution in [1.82, 2.24) is 14.5 Å². The number of hydrogen-bond acceptors (Lipinski definition) is 7. The van der Waals surface area contributed by atoms with Crippen LogP contribution in [0.1, 0.15) is 42.1 Å². The van der Waals surface area contributed by atoms with E-state index in [4.69, 9.17) is 4.74 Å². The average Bonchev–Trinajstić information content (AvgIpc) is 3.40. The quantitative estimate of drug-likeness (QED) is 0.328. The van der Waals surface area contributed by atoms with Crippen LogP contribution in [0, 0.1) is 0 Å². The van der Waals surface area contributed by atoms with E-state index in [2.05, 4.69) is 4.98 Å². The van der Waals surface area contributed by atoms with E-state index in [9.17, 15) is 19.2 Å². The van der Waals surface area contributed by atoms with Crippen molar-refractivity contribution >= 4 is 46.7 Å². The summed E-state index contributed by atoms with van der Waals surface area (Å²) in [6.07, 6.45) is 4.30. The summed E-state index contributed by atoms with van der Waals surface area (Å²) < 4.78 is 6.80. The number of benzene rings is 1. The zero-order valence-corrected chi connectivity index (χ0v) is 19.2. The number of rotatable bonds is 4. The zero-order valence-electron chi connectivity index (χ0n) is 18.4. The maximum Gasteiger partial charge on any atom is 0.419 e. The number of aldehydes is 1. The average molecular weight is 466 g/mol. The van der Waals surface area contributed by atoms with Crippen molar-refractivity contribution in [3.05, 3.63) is 66.1 Å². The van der Waals surface area contributed by atoms with Crippen molar-refractivity contribution < 1.29 is 23.9 Å². The van der Waals surface area contributed by atoms with Crippen LogP contribution in [-0.4, -0.2) is 55.9 Å². The number of amides is 1. The topological polar surface area (TPSA) is 98.6 Å². The summed E-state index contributed by atoms with van der Waals surface area (Å²) >= 11 is 1.39. The number of aromatic nitrogens is 2. The van der Waals surface area contributed by atoms with Gasteiger partial charge < -0.3 is 9.64 Å². The predicted octanol–water partition coefficient (Wildman–Crippen LogP) is 3.84. The van der Waals surface area contributed by atoms with E-state index in [0.717, 1.165) is 5.56 Å². The Morgan fingerprint density at radius 3 is 2.58 bits per heavy atom. The first-order valence-corrected chi connectivity index (χ1v) is 11.4. The molecule has 1 aromatic carbocycles. The lowest BCUT2D eigenvalue weighted by Crippen LogP contribution is -2.43. The number of fused-ring (bicyclic) bond motifs is 1. The number of Topliss-reactive ketones (excluding diaryl/α,β-unsaturated/α-hetero) is 1. The lowest BCUT2D eigenvalue weighted by molar-refractivity contribution is -0.139. The molecule has 9 heteroatoms. The number of carbonyl (C=O) groups is 4. The van der Waals surface area contributed by atoms with Crippen LogP contribution in [0.4, 0.5) is 4.79 Å². The fourth-order valence-electron chi connectivity index (χ4n) is 3.83. The van der Waals surface area contributed by atoms with E-state index in [1.807, 2.05) is 0 Å². The maximum absolute atomic E-state index is 13.7. The van der Waals surface area contributed by atoms with Crippen LogP contribution < -0.4 is 0 Å². The van der Waals surface area contributed by atoms with Crippen LogP contribution in [0.25, 0.3) is 10.9 Å². The molecule has 2 aromatic heterocycles. The summed E-state index contributed by atoms with van der Waals surface area (Å²) in [5.41, 5.74) is 0.832. The summed E-state index contributed by atoms with van der Waals surface area (Å²) in [5.74, 6) is -0.810. The first kappa shape index (κ1) is 22.7. The van der Waals surface area contributed by atoms with Gasteiger partial charge in [0.15, 0.2) is 5.78 Å². The van der Waals surface area contributed by atoms with Crippen LogP contribution >= 0.6 is 11.8 Å². The van der Waals surface area contributed by atoms with Gasteiger partial charge in [0.2, 0.25) is 6.29 Å². The van der Waals surface area contributed by atoms with Gasteiger partial charge in [-0.15, -0.1) is 11.8 Å². The highest BCUT2D eigenvalue weighted by Gasteiger charge is 2.43. The Morgan fingerprint density at radius 2 is 1.91 bits per heavy atom. The Balaban J connectivity index is 1.74. The van der Waals surface area contributed by atoms with Crippen LogP contribution in [-0.2, 0) is 14.3 Å². The number of thioether (sulfide) groups is 1. The first-order valence-electron chi connectivity index (χ1n) is 10.4. The summed E-state index contributed by atoms with van der Waals surface area (Å²) in [6, 6.07) is 9.69. The molecule has 2 unspecified atom stereocenters. The number of pyridine rings is 1. The molecule has 2 atom stereocenters. The van der Waals surface area contributed by atoms with Gasteiger partial charge in [-0.2, -0.15) is 0 Å². The SMILES string of the molecule is CC(C)(C)OC(=O)n1cc(C(=O)C2CSC(c3cccnc3)N2C(=O)C=O)c2ccccc21. The van der Waals surface area contributed by atoms with Crippen molar-refractivity contribution in [3.8, 4) is 0 Å². The Morgan fingerprint density at radius 1 is 1.15 bits per heavy atom. The second-order valence-electron chi connectivity index (χ2n) is 8.63. The number of ether oxygens (including phenoxy) is 1. The molecule has 1 saturated heterocycles. The van der Waals surface area contributed by atoms with Gasteiger partial charge in [-0.1, -0.05) is 24.3 Å². The van der Waals surface area contributed by atoms with E-state index in [1.54, 1.807) is 69.6 Å². The van der Waals surface area contributed by atoms with Crippen LogP contribution in [0.3, 0.4) is 0 Å². The highest BCUT2D eigenvalue weighted by Crippen LogP contribution is 2.42. The third-order valence-electron chi connectivity index (χ3n) is 5.20.